The smallest absolute Gasteiger partial charge is 0.300 e. The van der Waals surface area contributed by atoms with E-state index in [0.717, 1.165) is 4.90 Å². The topological polar surface area (TPSA) is 95.6 Å². The average molecular weight is 335 g/mol. The minimum absolute atomic E-state index is 0.130. The third-order valence-electron chi connectivity index (χ3n) is 2.99. The van der Waals surface area contributed by atoms with Crippen LogP contribution in [0.3, 0.4) is 0 Å². The van der Waals surface area contributed by atoms with E-state index in [1.165, 1.54) is 18.2 Å². The summed E-state index contributed by atoms with van der Waals surface area (Å²) in [5.41, 5.74) is 0.289. The Bertz CT molecular complexity index is 644. The summed E-state index contributed by atoms with van der Waals surface area (Å²) in [6.45, 7) is 9.08. The fourth-order valence-corrected chi connectivity index (χ4v) is 2.43. The number of carbonyl (C=O) groups excluding carboxylic acids is 4. The summed E-state index contributed by atoms with van der Waals surface area (Å²) in [6, 6.07) is -2.13. The van der Waals surface area contributed by atoms with Gasteiger partial charge in [-0.25, -0.2) is 4.79 Å². The third kappa shape index (κ3) is 3.26. The predicted molar refractivity (Wildman–Crippen MR) is 88.3 cm³/mol. The van der Waals surface area contributed by atoms with Crippen LogP contribution >= 0.6 is 12.2 Å². The Morgan fingerprint density at radius 1 is 1.09 bits per heavy atom. The summed E-state index contributed by atoms with van der Waals surface area (Å²) in [4.78, 5) is 48.2. The van der Waals surface area contributed by atoms with Crippen molar-refractivity contribution in [1.29, 1.82) is 0 Å². The molecule has 1 atom stereocenters. The number of nitrogens with zero attached hydrogens (tertiary/aromatic N) is 1. The maximum absolute atomic E-state index is 12.3. The van der Waals surface area contributed by atoms with E-state index in [1.807, 2.05) is 19.2 Å². The molecular weight excluding hydrogens is 318 g/mol. The van der Waals surface area contributed by atoms with E-state index in [4.69, 9.17) is 12.2 Å². The molecule has 2 aliphatic rings. The van der Waals surface area contributed by atoms with Gasteiger partial charge in [0.1, 0.15) is 4.99 Å². The van der Waals surface area contributed by atoms with Crippen LogP contribution in [0.2, 0.25) is 0 Å². The van der Waals surface area contributed by atoms with E-state index < -0.39 is 29.8 Å². The number of thiocarbonyl (C=S) groups is 1. The molecule has 2 aliphatic heterocycles. The van der Waals surface area contributed by atoms with Gasteiger partial charge in [0.05, 0.1) is 5.57 Å². The van der Waals surface area contributed by atoms with Crippen molar-refractivity contribution in [1.82, 2.24) is 15.5 Å². The number of carbonyl (C=O) groups is 4. The number of hydrogen-bond donors (Lipinski definition) is 2. The molecule has 0 bridgehead atoms. The van der Waals surface area contributed by atoms with E-state index in [0.29, 0.717) is 0 Å². The van der Waals surface area contributed by atoms with Gasteiger partial charge in [0, 0.05) is 5.57 Å². The zero-order valence-corrected chi connectivity index (χ0v) is 13.8. The van der Waals surface area contributed by atoms with Gasteiger partial charge >= 0.3 is 6.03 Å². The molecule has 1 unspecified atom stereocenters. The third-order valence-corrected chi connectivity index (χ3v) is 3.32. The zero-order valence-electron chi connectivity index (χ0n) is 13.0. The molecule has 122 valence electrons. The molecule has 2 heterocycles. The van der Waals surface area contributed by atoms with Gasteiger partial charge in [0.15, 0.2) is 6.04 Å². The number of imide groups is 2. The lowest BCUT2D eigenvalue weighted by molar-refractivity contribution is -0.142. The summed E-state index contributed by atoms with van der Waals surface area (Å²) < 4.78 is 0. The first-order valence-electron chi connectivity index (χ1n) is 6.95. The van der Waals surface area contributed by atoms with Gasteiger partial charge in [0.2, 0.25) is 0 Å². The second-order valence-electron chi connectivity index (χ2n) is 4.21. The van der Waals surface area contributed by atoms with E-state index in [-0.39, 0.29) is 16.1 Å². The maximum atomic E-state index is 12.3. The van der Waals surface area contributed by atoms with Crippen LogP contribution in [0.5, 0.6) is 0 Å². The van der Waals surface area contributed by atoms with Crippen molar-refractivity contribution in [2.45, 2.75) is 26.8 Å². The van der Waals surface area contributed by atoms with Crippen LogP contribution in [-0.4, -0.2) is 39.7 Å². The molecule has 8 heteroatoms. The Morgan fingerprint density at radius 2 is 1.65 bits per heavy atom. The van der Waals surface area contributed by atoms with Gasteiger partial charge in [-0.1, -0.05) is 44.8 Å². The van der Waals surface area contributed by atoms with Crippen molar-refractivity contribution in [3.05, 3.63) is 36.0 Å². The SMILES string of the molecule is C=C/C=C1/C(=O)N(C2C(=O)NC(=O)NC2=S)C(=O)/C1=C/C.CC. The van der Waals surface area contributed by atoms with Gasteiger partial charge in [0.25, 0.3) is 17.7 Å². The summed E-state index contributed by atoms with van der Waals surface area (Å²) >= 11 is 4.90. The van der Waals surface area contributed by atoms with Crippen LogP contribution in [0.15, 0.2) is 36.0 Å². The largest absolute Gasteiger partial charge is 0.326 e. The fourth-order valence-electron chi connectivity index (χ4n) is 2.12. The molecule has 7 nitrogen and oxygen atoms in total. The highest BCUT2D eigenvalue weighted by Crippen LogP contribution is 2.27. The average Bonchev–Trinajstić information content (AvgIpc) is 2.73. The molecular formula is C15H17N3O4S. The lowest BCUT2D eigenvalue weighted by atomic mass is 10.1. The van der Waals surface area contributed by atoms with Gasteiger partial charge < -0.3 is 0 Å². The van der Waals surface area contributed by atoms with Crippen molar-refractivity contribution >= 4 is 41.0 Å². The maximum Gasteiger partial charge on any atom is 0.326 e. The van der Waals surface area contributed by atoms with Crippen LogP contribution in [0.25, 0.3) is 0 Å². The highest BCUT2D eigenvalue weighted by molar-refractivity contribution is 7.80. The highest BCUT2D eigenvalue weighted by atomic mass is 32.1. The van der Waals surface area contributed by atoms with Crippen LogP contribution in [-0.2, 0) is 14.4 Å². The first-order valence-corrected chi connectivity index (χ1v) is 7.36. The van der Waals surface area contributed by atoms with E-state index >= 15 is 0 Å². The first kappa shape index (κ1) is 18.4. The number of urea groups is 1. The molecule has 2 fully saturated rings. The first-order chi connectivity index (χ1) is 10.9. The number of amides is 5. The van der Waals surface area contributed by atoms with Crippen molar-refractivity contribution in [2.24, 2.45) is 0 Å². The molecule has 2 rings (SSSR count). The monoisotopic (exact) mass is 335 g/mol. The number of allylic oxidation sites excluding steroid dienone is 3. The molecule has 0 radical (unpaired) electrons. The molecule has 0 saturated carbocycles. The quantitative estimate of drug-likeness (QED) is 0.445. The lowest BCUT2D eigenvalue weighted by Crippen LogP contribution is -2.64. The number of hydrogen-bond acceptors (Lipinski definition) is 5. The Kier molecular flexibility index (Phi) is 6.09. The van der Waals surface area contributed by atoms with Crippen molar-refractivity contribution in [2.75, 3.05) is 0 Å². The van der Waals surface area contributed by atoms with Crippen LogP contribution in [0.1, 0.15) is 20.8 Å². The fraction of sp³-hybridized carbons (Fsp3) is 0.267. The summed E-state index contributed by atoms with van der Waals surface area (Å²) in [7, 11) is 0. The van der Waals surface area contributed by atoms with Crippen LogP contribution < -0.4 is 10.6 Å². The molecule has 23 heavy (non-hydrogen) atoms. The Hall–Kier alpha value is -2.61. The van der Waals surface area contributed by atoms with Crippen molar-refractivity contribution in [3.63, 3.8) is 0 Å². The standard InChI is InChI=1S/C13H11N3O4S.C2H6/c1-3-5-7-6(4-2)11(18)16(12(7)19)8-9(17)14-13(20)15-10(8)21;1-2/h3-5,8H,1H2,2H3,(H2,14,15,17,20,21);1-2H3/b6-4+,7-5+;. The van der Waals surface area contributed by atoms with Crippen molar-refractivity contribution in [3.8, 4) is 0 Å². The van der Waals surface area contributed by atoms with Crippen LogP contribution in [0, 0.1) is 0 Å². The number of likely N-dealkylation sites (tertiary alicyclic amines) is 1. The van der Waals surface area contributed by atoms with E-state index in [9.17, 15) is 19.2 Å². The summed E-state index contributed by atoms with van der Waals surface area (Å²) in [5.74, 6) is -2.12. The van der Waals surface area contributed by atoms with Gasteiger partial charge in [-0.2, -0.15) is 0 Å². The second kappa shape index (κ2) is 7.59. The Morgan fingerprint density at radius 3 is 2.13 bits per heavy atom. The number of rotatable bonds is 2. The minimum atomic E-state index is -1.34. The number of nitrogens with one attached hydrogen (secondary N) is 2. The normalized spacial score (nSPS) is 24.4. The van der Waals surface area contributed by atoms with Gasteiger partial charge in [-0.3, -0.25) is 29.9 Å². The lowest BCUT2D eigenvalue weighted by Gasteiger charge is -2.28. The minimum Gasteiger partial charge on any atom is -0.300 e. The molecule has 0 aliphatic carbocycles. The molecule has 0 spiro atoms. The molecule has 2 N–H and O–H groups in total. The second-order valence-corrected chi connectivity index (χ2v) is 4.65. The molecule has 0 aromatic heterocycles. The predicted octanol–water partition coefficient (Wildman–Crippen LogP) is 0.976. The van der Waals surface area contributed by atoms with Gasteiger partial charge in [-0.15, -0.1) is 0 Å². The van der Waals surface area contributed by atoms with E-state index in [2.05, 4.69) is 11.9 Å². The highest BCUT2D eigenvalue weighted by Gasteiger charge is 2.48. The van der Waals surface area contributed by atoms with E-state index in [1.54, 1.807) is 6.92 Å². The van der Waals surface area contributed by atoms with Gasteiger partial charge in [-0.05, 0) is 13.0 Å². The molecule has 5 amide bonds. The Labute approximate surface area is 139 Å². The van der Waals surface area contributed by atoms with Crippen LogP contribution in [0.4, 0.5) is 4.79 Å². The summed E-state index contributed by atoms with van der Waals surface area (Å²) in [6.07, 6.45) is 4.23. The summed E-state index contributed by atoms with van der Waals surface area (Å²) in [5, 5.41) is 4.19. The zero-order chi connectivity index (χ0) is 17.7. The molecule has 0 aromatic rings. The molecule has 2 saturated heterocycles. The Balaban J connectivity index is 0.00000127. The molecule has 0 aromatic carbocycles. The van der Waals surface area contributed by atoms with Crippen molar-refractivity contribution < 1.29 is 19.2 Å².